The Bertz CT molecular complexity index is 646. The van der Waals surface area contributed by atoms with Crippen LogP contribution in [0.5, 0.6) is 0 Å². The van der Waals surface area contributed by atoms with Crippen LogP contribution in [0.25, 0.3) is 0 Å². The first-order chi connectivity index (χ1) is 10.8. The first-order valence-electron chi connectivity index (χ1n) is 7.16. The van der Waals surface area contributed by atoms with Crippen LogP contribution in [0.3, 0.4) is 0 Å². The third kappa shape index (κ3) is 3.40. The number of hydrogen-bond donors (Lipinski definition) is 2. The average molecular weight is 320 g/mol. The minimum atomic E-state index is 0.568. The van der Waals surface area contributed by atoms with Gasteiger partial charge in [-0.3, -0.25) is 4.84 Å². The molecule has 0 bridgehead atoms. The van der Waals surface area contributed by atoms with Crippen LogP contribution in [-0.4, -0.2) is 36.3 Å². The molecule has 0 atom stereocenters. The Hall–Kier alpha value is -2.05. The number of nitrogens with zero attached hydrogens (tertiary/aromatic N) is 3. The molecule has 1 aromatic heterocycles. The van der Waals surface area contributed by atoms with Crippen LogP contribution in [0.2, 0.25) is 0 Å². The van der Waals surface area contributed by atoms with Crippen molar-refractivity contribution in [1.29, 1.82) is 0 Å². The lowest BCUT2D eigenvalue weighted by atomic mass is 10.2. The molecule has 22 heavy (non-hydrogen) atoms. The lowest BCUT2D eigenvalue weighted by Crippen LogP contribution is -2.36. The molecule has 0 radical (unpaired) electrons. The smallest absolute Gasteiger partial charge is 0.229 e. The molecule has 7 heteroatoms. The number of nitrogens with one attached hydrogen (secondary N) is 2. The lowest BCUT2D eigenvalue weighted by Gasteiger charge is -2.27. The topological polar surface area (TPSA) is 62.3 Å². The van der Waals surface area contributed by atoms with Crippen molar-refractivity contribution in [3.8, 4) is 0 Å². The molecule has 1 saturated heterocycles. The van der Waals surface area contributed by atoms with Gasteiger partial charge in [0.15, 0.2) is 0 Å². The number of ether oxygens (including phenoxy) is 1. The highest BCUT2D eigenvalue weighted by Gasteiger charge is 2.13. The maximum Gasteiger partial charge on any atom is 0.229 e. The van der Waals surface area contributed by atoms with Crippen molar-refractivity contribution in [2.75, 3.05) is 41.4 Å². The van der Waals surface area contributed by atoms with Gasteiger partial charge in [-0.05, 0) is 30.7 Å². The van der Waals surface area contributed by atoms with Crippen molar-refractivity contribution in [1.82, 2.24) is 9.97 Å². The van der Waals surface area contributed by atoms with Gasteiger partial charge in [-0.1, -0.05) is 6.07 Å². The van der Waals surface area contributed by atoms with E-state index in [0.717, 1.165) is 49.1 Å². The van der Waals surface area contributed by atoms with E-state index in [9.17, 15) is 0 Å². The van der Waals surface area contributed by atoms with Crippen LogP contribution >= 0.6 is 11.8 Å². The SMILES string of the molecule is Cc1ccc(NCl)cc1Nc1nccc(N2CCOCC2)n1. The molecule has 1 aliphatic rings. The predicted octanol–water partition coefficient (Wildman–Crippen LogP) is 2.93. The zero-order chi connectivity index (χ0) is 15.4. The summed E-state index contributed by atoms with van der Waals surface area (Å²) in [7, 11) is 0. The Morgan fingerprint density at radius 3 is 2.82 bits per heavy atom. The Balaban J connectivity index is 1.80. The largest absolute Gasteiger partial charge is 0.378 e. The molecule has 0 amide bonds. The maximum atomic E-state index is 5.65. The van der Waals surface area contributed by atoms with E-state index in [4.69, 9.17) is 16.5 Å². The zero-order valence-electron chi connectivity index (χ0n) is 12.3. The van der Waals surface area contributed by atoms with Crippen LogP contribution in [0.15, 0.2) is 30.5 Å². The van der Waals surface area contributed by atoms with Gasteiger partial charge in [0, 0.05) is 36.8 Å². The summed E-state index contributed by atoms with van der Waals surface area (Å²) in [6.45, 7) is 5.18. The standard InChI is InChI=1S/C15H18ClN5O/c1-11-2-3-12(20-16)10-13(11)18-15-17-5-4-14(19-15)21-6-8-22-9-7-21/h2-5,10,20H,6-9H2,1H3,(H,17,18,19). The third-order valence-electron chi connectivity index (χ3n) is 3.57. The molecule has 2 aromatic rings. The van der Waals surface area contributed by atoms with Crippen LogP contribution in [0.1, 0.15) is 5.56 Å². The molecule has 2 N–H and O–H groups in total. The maximum absolute atomic E-state index is 5.65. The molecule has 116 valence electrons. The van der Waals surface area contributed by atoms with Crippen LogP contribution < -0.4 is 15.1 Å². The van der Waals surface area contributed by atoms with Crippen molar-refractivity contribution in [3.05, 3.63) is 36.0 Å². The van der Waals surface area contributed by atoms with E-state index in [1.165, 1.54) is 0 Å². The van der Waals surface area contributed by atoms with Gasteiger partial charge in [0.05, 0.1) is 18.9 Å². The van der Waals surface area contributed by atoms with Gasteiger partial charge in [-0.2, -0.15) is 4.98 Å². The summed E-state index contributed by atoms with van der Waals surface area (Å²) in [5.41, 5.74) is 2.83. The number of benzene rings is 1. The number of anilines is 4. The molecule has 0 unspecified atom stereocenters. The molecule has 2 heterocycles. The van der Waals surface area contributed by atoms with Crippen molar-refractivity contribution in [3.63, 3.8) is 0 Å². The number of halogens is 1. The molecule has 0 saturated carbocycles. The van der Waals surface area contributed by atoms with Gasteiger partial charge in [-0.25, -0.2) is 4.98 Å². The molecule has 0 aliphatic carbocycles. The van der Waals surface area contributed by atoms with Crippen molar-refractivity contribution in [2.24, 2.45) is 0 Å². The van der Waals surface area contributed by atoms with Gasteiger partial charge in [-0.15, -0.1) is 0 Å². The lowest BCUT2D eigenvalue weighted by molar-refractivity contribution is 0.122. The van der Waals surface area contributed by atoms with E-state index in [2.05, 4.69) is 25.0 Å². The van der Waals surface area contributed by atoms with E-state index < -0.39 is 0 Å². The zero-order valence-corrected chi connectivity index (χ0v) is 13.1. The van der Waals surface area contributed by atoms with E-state index >= 15 is 0 Å². The molecular formula is C15H18ClN5O. The molecule has 1 fully saturated rings. The molecular weight excluding hydrogens is 302 g/mol. The van der Waals surface area contributed by atoms with E-state index in [1.807, 2.05) is 31.2 Å². The number of aromatic nitrogens is 2. The number of rotatable bonds is 4. The summed E-state index contributed by atoms with van der Waals surface area (Å²) in [6.07, 6.45) is 1.76. The molecule has 3 rings (SSSR count). The first-order valence-corrected chi connectivity index (χ1v) is 7.54. The van der Waals surface area contributed by atoms with Gasteiger partial charge in [0.1, 0.15) is 5.82 Å². The summed E-state index contributed by atoms with van der Waals surface area (Å²) >= 11 is 5.65. The van der Waals surface area contributed by atoms with E-state index in [-0.39, 0.29) is 0 Å². The Morgan fingerprint density at radius 1 is 1.23 bits per heavy atom. The average Bonchev–Trinajstić information content (AvgIpc) is 2.58. The summed E-state index contributed by atoms with van der Waals surface area (Å²) in [5, 5.41) is 3.25. The molecule has 1 aliphatic heterocycles. The normalized spacial score (nSPS) is 14.7. The molecule has 0 spiro atoms. The van der Waals surface area contributed by atoms with Crippen LogP contribution in [0.4, 0.5) is 23.1 Å². The van der Waals surface area contributed by atoms with Crippen molar-refractivity contribution < 1.29 is 4.74 Å². The van der Waals surface area contributed by atoms with E-state index in [1.54, 1.807) is 6.20 Å². The predicted molar refractivity (Wildman–Crippen MR) is 89.0 cm³/mol. The van der Waals surface area contributed by atoms with Gasteiger partial charge >= 0.3 is 0 Å². The first kappa shape index (κ1) is 14.9. The summed E-state index contributed by atoms with van der Waals surface area (Å²) in [5.74, 6) is 1.48. The molecule has 1 aromatic carbocycles. The minimum absolute atomic E-state index is 0.568. The Morgan fingerprint density at radius 2 is 2.05 bits per heavy atom. The minimum Gasteiger partial charge on any atom is -0.378 e. The molecule has 6 nitrogen and oxygen atoms in total. The number of aryl methyl sites for hydroxylation is 1. The van der Waals surface area contributed by atoms with Crippen molar-refractivity contribution >= 4 is 34.9 Å². The second-order valence-electron chi connectivity index (χ2n) is 5.09. The quantitative estimate of drug-likeness (QED) is 0.845. The van der Waals surface area contributed by atoms with E-state index in [0.29, 0.717) is 5.95 Å². The second-order valence-corrected chi connectivity index (χ2v) is 5.28. The fourth-order valence-electron chi connectivity index (χ4n) is 2.31. The highest BCUT2D eigenvalue weighted by molar-refractivity contribution is 6.24. The Labute approximate surface area is 134 Å². The second kappa shape index (κ2) is 6.81. The van der Waals surface area contributed by atoms with Gasteiger partial charge < -0.3 is 15.0 Å². The summed E-state index contributed by atoms with van der Waals surface area (Å²) < 4.78 is 5.37. The fraction of sp³-hybridized carbons (Fsp3) is 0.333. The van der Waals surface area contributed by atoms with Crippen LogP contribution in [-0.2, 0) is 4.74 Å². The number of hydrogen-bond acceptors (Lipinski definition) is 6. The highest BCUT2D eigenvalue weighted by atomic mass is 35.5. The Kier molecular flexibility index (Phi) is 4.60. The van der Waals surface area contributed by atoms with Crippen LogP contribution in [0, 0.1) is 6.92 Å². The summed E-state index contributed by atoms with van der Waals surface area (Å²) in [6, 6.07) is 7.74. The van der Waals surface area contributed by atoms with Gasteiger partial charge in [0.25, 0.3) is 0 Å². The fourth-order valence-corrected chi connectivity index (χ4v) is 2.43. The third-order valence-corrected chi connectivity index (χ3v) is 3.79. The monoisotopic (exact) mass is 319 g/mol. The summed E-state index contributed by atoms with van der Waals surface area (Å²) in [4.78, 5) is 13.7. The highest BCUT2D eigenvalue weighted by Crippen LogP contribution is 2.24. The van der Waals surface area contributed by atoms with Gasteiger partial charge in [0.2, 0.25) is 5.95 Å². The number of morpholine rings is 1. The van der Waals surface area contributed by atoms with Crippen molar-refractivity contribution in [2.45, 2.75) is 6.92 Å².